The van der Waals surface area contributed by atoms with Gasteiger partial charge in [0.1, 0.15) is 11.5 Å². The zero-order chi connectivity index (χ0) is 22.9. The van der Waals surface area contributed by atoms with Crippen molar-refractivity contribution in [3.8, 4) is 11.1 Å². The van der Waals surface area contributed by atoms with Crippen LogP contribution in [0.3, 0.4) is 0 Å². The average Bonchev–Trinajstić information content (AvgIpc) is 3.53. The van der Waals surface area contributed by atoms with Crippen LogP contribution in [0.4, 0.5) is 4.39 Å². The number of aryl methyl sites for hydroxylation is 1. The molecule has 0 bridgehead atoms. The van der Waals surface area contributed by atoms with E-state index in [1.165, 1.54) is 23.5 Å². The monoisotopic (exact) mass is 480 g/mol. The maximum absolute atomic E-state index is 13.5. The number of amides is 2. The molecule has 1 saturated heterocycles. The van der Waals surface area contributed by atoms with Crippen molar-refractivity contribution >= 4 is 39.9 Å². The fraction of sp³-hybridized carbons (Fsp3) is 0.208. The quantitative estimate of drug-likeness (QED) is 0.458. The van der Waals surface area contributed by atoms with Crippen molar-refractivity contribution in [3.63, 3.8) is 0 Å². The molecule has 1 fully saturated rings. The summed E-state index contributed by atoms with van der Waals surface area (Å²) in [4.78, 5) is 33.4. The number of nitrogens with one attached hydrogen (secondary N) is 1. The summed E-state index contributed by atoms with van der Waals surface area (Å²) in [5.41, 5.74) is 3.32. The van der Waals surface area contributed by atoms with Gasteiger partial charge < -0.3 is 10.2 Å². The lowest BCUT2D eigenvalue weighted by Gasteiger charge is -2.25. The molecular weight excluding hydrogens is 459 g/mol. The van der Waals surface area contributed by atoms with Gasteiger partial charge in [0.2, 0.25) is 0 Å². The number of aromatic nitrogens is 2. The van der Waals surface area contributed by atoms with Crippen LogP contribution in [-0.4, -0.2) is 50.3 Å². The summed E-state index contributed by atoms with van der Waals surface area (Å²) in [5, 5.41) is 4.89. The van der Waals surface area contributed by atoms with E-state index in [1.807, 2.05) is 36.7 Å². The van der Waals surface area contributed by atoms with E-state index in [0.717, 1.165) is 21.8 Å². The Balaban J connectivity index is 1.34. The molecule has 0 radical (unpaired) electrons. The van der Waals surface area contributed by atoms with Crippen molar-refractivity contribution in [2.45, 2.75) is 13.0 Å². The van der Waals surface area contributed by atoms with Gasteiger partial charge in [0.15, 0.2) is 4.96 Å². The van der Waals surface area contributed by atoms with E-state index < -0.39 is 0 Å². The Bertz CT molecular complexity index is 1330. The number of hydrogen-bond acceptors (Lipinski definition) is 5. The summed E-state index contributed by atoms with van der Waals surface area (Å²) in [6, 6.07) is 13.4. The molecule has 2 aromatic heterocycles. The lowest BCUT2D eigenvalue weighted by molar-refractivity contribution is 0.0736. The highest BCUT2D eigenvalue weighted by molar-refractivity contribution is 7.99. The van der Waals surface area contributed by atoms with E-state index in [9.17, 15) is 14.0 Å². The van der Waals surface area contributed by atoms with Gasteiger partial charge >= 0.3 is 0 Å². The molecule has 9 heteroatoms. The lowest BCUT2D eigenvalue weighted by atomic mass is 9.98. The Morgan fingerprint density at radius 3 is 2.79 bits per heavy atom. The van der Waals surface area contributed by atoms with Crippen LogP contribution >= 0.6 is 23.1 Å². The zero-order valence-electron chi connectivity index (χ0n) is 17.8. The lowest BCUT2D eigenvalue weighted by Crippen LogP contribution is -2.44. The van der Waals surface area contributed by atoms with E-state index in [1.54, 1.807) is 39.3 Å². The molecule has 0 unspecified atom stereocenters. The molecule has 2 aromatic carbocycles. The molecule has 0 saturated carbocycles. The third kappa shape index (κ3) is 4.14. The first-order valence-corrected chi connectivity index (χ1v) is 12.5. The zero-order valence-corrected chi connectivity index (χ0v) is 19.5. The second-order valence-corrected chi connectivity index (χ2v) is 9.67. The summed E-state index contributed by atoms with van der Waals surface area (Å²) in [5.74, 6) is 0.679. The molecule has 6 nitrogen and oxygen atoms in total. The second kappa shape index (κ2) is 8.99. The van der Waals surface area contributed by atoms with Gasteiger partial charge in [-0.05, 0) is 36.2 Å². The third-order valence-corrected chi connectivity index (χ3v) is 7.54. The SMILES string of the molecule is Cc1nc2sccn2c1C(=O)NC[C@@H]1CSCN1C(=O)c1ccccc1-c1ccc(F)cc1. The number of halogens is 1. The molecule has 1 N–H and O–H groups in total. The summed E-state index contributed by atoms with van der Waals surface area (Å²) < 4.78 is 15.2. The molecule has 1 aliphatic heterocycles. The summed E-state index contributed by atoms with van der Waals surface area (Å²) in [6.07, 6.45) is 1.84. The predicted octanol–water partition coefficient (Wildman–Crippen LogP) is 4.46. The maximum Gasteiger partial charge on any atom is 0.270 e. The molecule has 3 heterocycles. The van der Waals surface area contributed by atoms with Crippen molar-refractivity contribution in [3.05, 3.63) is 82.9 Å². The number of benzene rings is 2. The van der Waals surface area contributed by atoms with Crippen molar-refractivity contribution < 1.29 is 14.0 Å². The summed E-state index contributed by atoms with van der Waals surface area (Å²) >= 11 is 3.14. The Morgan fingerprint density at radius 1 is 1.18 bits per heavy atom. The molecule has 4 aromatic rings. The molecule has 2 amide bonds. The largest absolute Gasteiger partial charge is 0.349 e. The van der Waals surface area contributed by atoms with Crippen LogP contribution in [0.2, 0.25) is 0 Å². The average molecular weight is 481 g/mol. The van der Waals surface area contributed by atoms with Crippen LogP contribution in [0.15, 0.2) is 60.1 Å². The first-order chi connectivity index (χ1) is 16.0. The van der Waals surface area contributed by atoms with Crippen LogP contribution in [-0.2, 0) is 0 Å². The van der Waals surface area contributed by atoms with Gasteiger partial charge in [-0.3, -0.25) is 14.0 Å². The molecule has 5 rings (SSSR count). The minimum atomic E-state index is -0.317. The number of hydrogen-bond donors (Lipinski definition) is 1. The van der Waals surface area contributed by atoms with Crippen LogP contribution in [0.1, 0.15) is 26.5 Å². The van der Waals surface area contributed by atoms with E-state index in [4.69, 9.17) is 0 Å². The van der Waals surface area contributed by atoms with E-state index >= 15 is 0 Å². The van der Waals surface area contributed by atoms with Crippen LogP contribution in [0.5, 0.6) is 0 Å². The van der Waals surface area contributed by atoms with E-state index in [-0.39, 0.29) is 23.7 Å². The summed E-state index contributed by atoms with van der Waals surface area (Å²) in [6.45, 7) is 2.18. The smallest absolute Gasteiger partial charge is 0.270 e. The van der Waals surface area contributed by atoms with Gasteiger partial charge in [-0.2, -0.15) is 0 Å². The van der Waals surface area contributed by atoms with Crippen LogP contribution in [0, 0.1) is 12.7 Å². The van der Waals surface area contributed by atoms with Crippen molar-refractivity contribution in [1.29, 1.82) is 0 Å². The Kier molecular flexibility index (Phi) is 5.90. The van der Waals surface area contributed by atoms with Crippen molar-refractivity contribution in [2.75, 3.05) is 18.2 Å². The van der Waals surface area contributed by atoms with Gasteiger partial charge in [-0.25, -0.2) is 9.37 Å². The molecule has 33 heavy (non-hydrogen) atoms. The first kappa shape index (κ1) is 21.7. The number of fused-ring (bicyclic) bond motifs is 1. The Morgan fingerprint density at radius 2 is 1.97 bits per heavy atom. The molecular formula is C24H21FN4O2S2. The third-order valence-electron chi connectivity index (χ3n) is 5.70. The van der Waals surface area contributed by atoms with Gasteiger partial charge in [-0.1, -0.05) is 30.3 Å². The highest BCUT2D eigenvalue weighted by atomic mass is 32.2. The molecule has 168 valence electrons. The molecule has 0 aliphatic carbocycles. The molecule has 1 atom stereocenters. The highest BCUT2D eigenvalue weighted by Gasteiger charge is 2.32. The number of thioether (sulfide) groups is 1. The van der Waals surface area contributed by atoms with E-state index in [2.05, 4.69) is 10.3 Å². The van der Waals surface area contributed by atoms with Gasteiger partial charge in [-0.15, -0.1) is 23.1 Å². The fourth-order valence-electron chi connectivity index (χ4n) is 4.04. The minimum absolute atomic E-state index is 0.0973. The number of thiazole rings is 1. The second-order valence-electron chi connectivity index (χ2n) is 7.79. The van der Waals surface area contributed by atoms with Gasteiger partial charge in [0.25, 0.3) is 11.8 Å². The standard InChI is InChI=1S/C24H21FN4O2S2/c1-15-21(28-10-11-33-24(28)27-15)22(30)26-12-18-13-32-14-29(18)23(31)20-5-3-2-4-19(20)16-6-8-17(25)9-7-16/h2-11,18H,12-14H2,1H3,(H,26,30)/t18-/m1/s1. The van der Waals surface area contributed by atoms with Crippen LogP contribution < -0.4 is 5.32 Å². The number of rotatable bonds is 5. The number of carbonyl (C=O) groups excluding carboxylic acids is 2. The maximum atomic E-state index is 13.5. The predicted molar refractivity (Wildman–Crippen MR) is 129 cm³/mol. The minimum Gasteiger partial charge on any atom is -0.349 e. The summed E-state index contributed by atoms with van der Waals surface area (Å²) in [7, 11) is 0. The normalized spacial score (nSPS) is 15.8. The van der Waals surface area contributed by atoms with Gasteiger partial charge in [0, 0.05) is 29.4 Å². The molecule has 1 aliphatic rings. The molecule has 0 spiro atoms. The topological polar surface area (TPSA) is 66.7 Å². The number of nitrogens with zero attached hydrogens (tertiary/aromatic N) is 3. The van der Waals surface area contributed by atoms with E-state index in [0.29, 0.717) is 29.4 Å². The Hall–Kier alpha value is -3.17. The Labute approximate surface area is 198 Å². The number of imidazole rings is 1. The highest BCUT2D eigenvalue weighted by Crippen LogP contribution is 2.29. The van der Waals surface area contributed by atoms with Crippen molar-refractivity contribution in [2.24, 2.45) is 0 Å². The van der Waals surface area contributed by atoms with Crippen molar-refractivity contribution in [1.82, 2.24) is 19.6 Å². The van der Waals surface area contributed by atoms with Gasteiger partial charge in [0.05, 0.1) is 17.6 Å². The number of carbonyl (C=O) groups is 2. The first-order valence-electron chi connectivity index (χ1n) is 10.5. The fourth-order valence-corrected chi connectivity index (χ4v) is 6.00. The van der Waals surface area contributed by atoms with Crippen LogP contribution in [0.25, 0.3) is 16.1 Å².